The van der Waals surface area contributed by atoms with Crippen molar-refractivity contribution in [3.8, 4) is 5.75 Å². The Morgan fingerprint density at radius 2 is 1.73 bits per heavy atom. The molecule has 1 aromatic heterocycles. The van der Waals surface area contributed by atoms with Crippen LogP contribution < -0.4 is 15.2 Å². The number of hydrogen-bond donors (Lipinski definition) is 0. The van der Waals surface area contributed by atoms with Crippen LogP contribution in [0.5, 0.6) is 5.75 Å². The molecule has 0 aliphatic carbocycles. The Morgan fingerprint density at radius 1 is 1.03 bits per heavy atom. The van der Waals surface area contributed by atoms with Gasteiger partial charge in [-0.1, -0.05) is 0 Å². The molecule has 2 aliphatic rings. The largest absolute Gasteiger partial charge is 0.494 e. The molecule has 0 N–H and O–H groups in total. The van der Waals surface area contributed by atoms with E-state index in [1.165, 1.54) is 0 Å². The molecule has 2 aliphatic heterocycles. The van der Waals surface area contributed by atoms with E-state index in [1.807, 2.05) is 45.0 Å². The summed E-state index contributed by atoms with van der Waals surface area (Å²) in [7, 11) is 0. The van der Waals surface area contributed by atoms with Crippen molar-refractivity contribution >= 4 is 11.6 Å². The minimum Gasteiger partial charge on any atom is -0.494 e. The summed E-state index contributed by atoms with van der Waals surface area (Å²) in [6, 6.07) is 7.99. The van der Waals surface area contributed by atoms with Crippen molar-refractivity contribution in [2.75, 3.05) is 57.6 Å². The van der Waals surface area contributed by atoms with Crippen molar-refractivity contribution in [2.45, 2.75) is 27.4 Å². The van der Waals surface area contributed by atoms with Crippen LogP contribution in [-0.2, 0) is 11.4 Å². The zero-order valence-electron chi connectivity index (χ0n) is 18.1. The van der Waals surface area contributed by atoms with Gasteiger partial charge in [0.1, 0.15) is 5.75 Å². The first-order valence-electron chi connectivity index (χ1n) is 10.7. The summed E-state index contributed by atoms with van der Waals surface area (Å²) in [4.78, 5) is 24.6. The van der Waals surface area contributed by atoms with Crippen LogP contribution in [-0.4, -0.2) is 72.0 Å². The number of aryl methyl sites for hydroxylation is 1. The second-order valence-electron chi connectivity index (χ2n) is 7.84. The molecule has 0 bridgehead atoms. The molecule has 1 aromatic carbocycles. The van der Waals surface area contributed by atoms with Gasteiger partial charge in [-0.3, -0.25) is 24.1 Å². The smallest absolute Gasteiger partial charge is 0.259 e. The Kier molecular flexibility index (Phi) is 6.36. The molecule has 2 aromatic rings. The van der Waals surface area contributed by atoms with Crippen LogP contribution >= 0.6 is 0 Å². The second-order valence-corrected chi connectivity index (χ2v) is 7.84. The fourth-order valence-corrected chi connectivity index (χ4v) is 3.92. The van der Waals surface area contributed by atoms with Gasteiger partial charge >= 0.3 is 0 Å². The standard InChI is InChI=1S/C22H31N5O3/c1-4-30-20-7-5-19(6-8-20)26-15-25(10-9-24-11-13-29-14-12-24)16-27-21(28)17(2)18(3)23-22(26)27/h5-8H,4,9-16H2,1-3H3. The molecule has 3 heterocycles. The number of anilines is 2. The van der Waals surface area contributed by atoms with Gasteiger partial charge in [0, 0.05) is 43.1 Å². The van der Waals surface area contributed by atoms with Crippen LogP contribution in [0.25, 0.3) is 0 Å². The van der Waals surface area contributed by atoms with Crippen LogP contribution in [0, 0.1) is 13.8 Å². The van der Waals surface area contributed by atoms with Crippen molar-refractivity contribution in [3.63, 3.8) is 0 Å². The minimum absolute atomic E-state index is 0.0320. The average molecular weight is 414 g/mol. The number of fused-ring (bicyclic) bond motifs is 1. The predicted octanol–water partition coefficient (Wildman–Crippen LogP) is 1.96. The molecule has 0 amide bonds. The van der Waals surface area contributed by atoms with Crippen molar-refractivity contribution in [3.05, 3.63) is 45.9 Å². The Hall–Kier alpha value is -2.42. The molecule has 1 saturated heterocycles. The number of aromatic nitrogens is 2. The first kappa shape index (κ1) is 20.8. The molecular formula is C22H31N5O3. The van der Waals surface area contributed by atoms with Crippen LogP contribution in [0.2, 0.25) is 0 Å². The summed E-state index contributed by atoms with van der Waals surface area (Å²) in [5.74, 6) is 1.54. The number of rotatable bonds is 6. The van der Waals surface area contributed by atoms with Crippen molar-refractivity contribution in [2.24, 2.45) is 0 Å². The van der Waals surface area contributed by atoms with Gasteiger partial charge in [0.15, 0.2) is 0 Å². The maximum atomic E-state index is 13.0. The summed E-state index contributed by atoms with van der Waals surface area (Å²) in [5.41, 5.74) is 2.52. The monoisotopic (exact) mass is 413 g/mol. The normalized spacial score (nSPS) is 17.8. The molecule has 0 radical (unpaired) electrons. The van der Waals surface area contributed by atoms with Crippen LogP contribution in [0.3, 0.4) is 0 Å². The fraction of sp³-hybridized carbons (Fsp3) is 0.545. The lowest BCUT2D eigenvalue weighted by molar-refractivity contribution is 0.0310. The Morgan fingerprint density at radius 3 is 2.43 bits per heavy atom. The highest BCUT2D eigenvalue weighted by atomic mass is 16.5. The zero-order valence-corrected chi connectivity index (χ0v) is 18.1. The highest BCUT2D eigenvalue weighted by molar-refractivity contribution is 5.59. The van der Waals surface area contributed by atoms with Crippen molar-refractivity contribution in [1.29, 1.82) is 0 Å². The molecule has 0 unspecified atom stereocenters. The SMILES string of the molecule is CCOc1ccc(N2CN(CCN3CCOCC3)Cn3c2nc(C)c(C)c3=O)cc1. The quantitative estimate of drug-likeness (QED) is 0.717. The maximum absolute atomic E-state index is 13.0. The van der Waals surface area contributed by atoms with Gasteiger partial charge < -0.3 is 9.47 Å². The van der Waals surface area contributed by atoms with E-state index in [4.69, 9.17) is 14.5 Å². The number of nitrogens with zero attached hydrogens (tertiary/aromatic N) is 5. The van der Waals surface area contributed by atoms with E-state index in [9.17, 15) is 4.79 Å². The molecule has 0 spiro atoms. The molecular weight excluding hydrogens is 382 g/mol. The van der Waals surface area contributed by atoms with Crippen LogP contribution in [0.1, 0.15) is 18.2 Å². The highest BCUT2D eigenvalue weighted by Crippen LogP contribution is 2.29. The van der Waals surface area contributed by atoms with E-state index in [-0.39, 0.29) is 5.56 Å². The van der Waals surface area contributed by atoms with Gasteiger partial charge in [-0.05, 0) is 45.0 Å². The molecule has 162 valence electrons. The van der Waals surface area contributed by atoms with E-state index in [2.05, 4.69) is 14.7 Å². The Bertz CT molecular complexity index is 922. The topological polar surface area (TPSA) is 63.1 Å². The highest BCUT2D eigenvalue weighted by Gasteiger charge is 2.27. The van der Waals surface area contributed by atoms with Crippen molar-refractivity contribution in [1.82, 2.24) is 19.4 Å². The molecule has 0 atom stereocenters. The number of hydrogen-bond acceptors (Lipinski definition) is 7. The van der Waals surface area contributed by atoms with Gasteiger partial charge in [-0.2, -0.15) is 0 Å². The van der Waals surface area contributed by atoms with Crippen LogP contribution in [0.15, 0.2) is 29.1 Å². The first-order valence-corrected chi connectivity index (χ1v) is 10.7. The van der Waals surface area contributed by atoms with E-state index in [0.29, 0.717) is 31.5 Å². The first-order chi connectivity index (χ1) is 14.6. The third-order valence-electron chi connectivity index (χ3n) is 5.84. The van der Waals surface area contributed by atoms with Gasteiger partial charge in [-0.25, -0.2) is 4.98 Å². The lowest BCUT2D eigenvalue weighted by atomic mass is 10.2. The van der Waals surface area contributed by atoms with Gasteiger partial charge in [0.2, 0.25) is 5.95 Å². The molecule has 8 nitrogen and oxygen atoms in total. The fourth-order valence-electron chi connectivity index (χ4n) is 3.92. The Balaban J connectivity index is 1.61. The third kappa shape index (κ3) is 4.35. The molecule has 1 fully saturated rings. The predicted molar refractivity (Wildman–Crippen MR) is 117 cm³/mol. The van der Waals surface area contributed by atoms with Crippen LogP contribution in [0.4, 0.5) is 11.6 Å². The zero-order chi connectivity index (χ0) is 21.1. The Labute approximate surface area is 177 Å². The number of morpholine rings is 1. The molecule has 30 heavy (non-hydrogen) atoms. The van der Waals surface area contributed by atoms with Crippen molar-refractivity contribution < 1.29 is 9.47 Å². The molecule has 4 rings (SSSR count). The van der Waals surface area contributed by atoms with E-state index in [1.54, 1.807) is 4.57 Å². The summed E-state index contributed by atoms with van der Waals surface area (Å²) in [6.45, 7) is 13.0. The lowest BCUT2D eigenvalue weighted by Crippen LogP contribution is -2.50. The minimum atomic E-state index is 0.0320. The summed E-state index contributed by atoms with van der Waals surface area (Å²) in [5, 5.41) is 0. The van der Waals surface area contributed by atoms with Gasteiger partial charge in [0.05, 0.1) is 33.2 Å². The lowest BCUT2D eigenvalue weighted by Gasteiger charge is -2.39. The number of benzene rings is 1. The van der Waals surface area contributed by atoms with Gasteiger partial charge in [0.25, 0.3) is 5.56 Å². The van der Waals surface area contributed by atoms with E-state index < -0.39 is 0 Å². The summed E-state index contributed by atoms with van der Waals surface area (Å²) < 4.78 is 12.8. The maximum Gasteiger partial charge on any atom is 0.259 e. The van der Waals surface area contributed by atoms with Gasteiger partial charge in [-0.15, -0.1) is 0 Å². The summed E-state index contributed by atoms with van der Waals surface area (Å²) in [6.07, 6.45) is 0. The average Bonchev–Trinajstić information content (AvgIpc) is 2.77. The van der Waals surface area contributed by atoms with E-state index >= 15 is 0 Å². The molecule has 8 heteroatoms. The summed E-state index contributed by atoms with van der Waals surface area (Å²) >= 11 is 0. The van der Waals surface area contributed by atoms with E-state index in [0.717, 1.165) is 56.5 Å². The second kappa shape index (κ2) is 9.16. The third-order valence-corrected chi connectivity index (χ3v) is 5.84. The number of ether oxygens (including phenoxy) is 2. The molecule has 0 saturated carbocycles.